The average Bonchev–Trinajstić information content (AvgIpc) is 2.29. The Morgan fingerprint density at radius 3 is 2.92 bits per heavy atom. The van der Waals surface area contributed by atoms with Crippen LogP contribution in [-0.2, 0) is 4.79 Å². The third-order valence-electron chi connectivity index (χ3n) is 1.40. The van der Waals surface area contributed by atoms with E-state index in [4.69, 9.17) is 16.7 Å². The number of aliphatic carboxylic acids is 1. The maximum Gasteiger partial charge on any atom is 0.383 e. The van der Waals surface area contributed by atoms with Crippen molar-refractivity contribution in [1.82, 2.24) is 5.01 Å². The summed E-state index contributed by atoms with van der Waals surface area (Å²) in [6.07, 6.45) is 0. The Morgan fingerprint density at radius 1 is 1.92 bits per heavy atom. The third kappa shape index (κ3) is 2.28. The summed E-state index contributed by atoms with van der Waals surface area (Å²) in [7, 11) is 0. The standard InChI is InChI=1S/C5H6ClN3O4/c6-3-1-8(2-4(10)11)7-5(3)9(12)13/h3H,1-2H2,(H,10,11). The number of hydrogen-bond donors (Lipinski definition) is 1. The lowest BCUT2D eigenvalue weighted by Crippen LogP contribution is -2.26. The minimum Gasteiger partial charge on any atom is -0.480 e. The summed E-state index contributed by atoms with van der Waals surface area (Å²) in [4.78, 5) is 19.8. The number of rotatable bonds is 2. The molecule has 0 aromatic heterocycles. The van der Waals surface area contributed by atoms with E-state index in [2.05, 4.69) is 5.10 Å². The third-order valence-corrected chi connectivity index (χ3v) is 1.73. The van der Waals surface area contributed by atoms with Crippen molar-refractivity contribution in [2.24, 2.45) is 5.10 Å². The molecule has 0 saturated carbocycles. The van der Waals surface area contributed by atoms with Crippen LogP contribution in [0.5, 0.6) is 0 Å². The summed E-state index contributed by atoms with van der Waals surface area (Å²) in [6.45, 7) is -0.315. The Bertz CT molecular complexity index is 279. The van der Waals surface area contributed by atoms with E-state index in [1.165, 1.54) is 0 Å². The lowest BCUT2D eigenvalue weighted by molar-refractivity contribution is -0.352. The van der Waals surface area contributed by atoms with Crippen LogP contribution < -0.4 is 0 Å². The predicted molar refractivity (Wildman–Crippen MR) is 43.3 cm³/mol. The van der Waals surface area contributed by atoms with Gasteiger partial charge in [0.1, 0.15) is 0 Å². The lowest BCUT2D eigenvalue weighted by Gasteiger charge is -2.02. The maximum atomic E-state index is 10.3. The van der Waals surface area contributed by atoms with Crippen LogP contribution in [0, 0.1) is 10.1 Å². The molecule has 1 atom stereocenters. The van der Waals surface area contributed by atoms with Crippen molar-refractivity contribution in [2.45, 2.75) is 5.38 Å². The van der Waals surface area contributed by atoms with Crippen LogP contribution in [0.2, 0.25) is 0 Å². The van der Waals surface area contributed by atoms with Crippen molar-refractivity contribution in [2.75, 3.05) is 13.1 Å². The molecule has 0 bridgehead atoms. The molecule has 1 rings (SSSR count). The Hall–Kier alpha value is -1.37. The van der Waals surface area contributed by atoms with Crippen molar-refractivity contribution in [3.63, 3.8) is 0 Å². The number of carboxylic acid groups (broad SMARTS) is 1. The minimum absolute atomic E-state index is 0.0597. The van der Waals surface area contributed by atoms with Gasteiger partial charge in [-0.15, -0.1) is 11.6 Å². The second kappa shape index (κ2) is 3.56. The second-order valence-electron chi connectivity index (χ2n) is 2.42. The number of carbonyl (C=O) groups is 1. The fourth-order valence-corrected chi connectivity index (χ4v) is 1.20. The monoisotopic (exact) mass is 207 g/mol. The fourth-order valence-electron chi connectivity index (χ4n) is 0.922. The predicted octanol–water partition coefficient (Wildman–Crippen LogP) is -0.416. The van der Waals surface area contributed by atoms with Crippen LogP contribution in [-0.4, -0.2) is 45.3 Å². The summed E-state index contributed by atoms with van der Waals surface area (Å²) >= 11 is 5.54. The summed E-state index contributed by atoms with van der Waals surface area (Å²) in [5.41, 5.74) is 0. The molecule has 1 unspecified atom stereocenters. The number of hydrazone groups is 1. The first-order valence-electron chi connectivity index (χ1n) is 3.34. The summed E-state index contributed by atoms with van der Waals surface area (Å²) in [5, 5.41) is 22.3. The second-order valence-corrected chi connectivity index (χ2v) is 2.95. The molecule has 72 valence electrons. The lowest BCUT2D eigenvalue weighted by atomic mass is 10.4. The van der Waals surface area contributed by atoms with E-state index < -0.39 is 22.1 Å². The molecule has 0 fully saturated rings. The quantitative estimate of drug-likeness (QED) is 0.377. The van der Waals surface area contributed by atoms with E-state index in [-0.39, 0.29) is 13.1 Å². The number of alkyl halides is 1. The average molecular weight is 208 g/mol. The van der Waals surface area contributed by atoms with Gasteiger partial charge in [0.15, 0.2) is 11.9 Å². The largest absolute Gasteiger partial charge is 0.480 e. The fraction of sp³-hybridized carbons (Fsp3) is 0.600. The van der Waals surface area contributed by atoms with Crippen LogP contribution in [0.1, 0.15) is 0 Å². The molecule has 0 aromatic rings. The van der Waals surface area contributed by atoms with Gasteiger partial charge in [0.05, 0.1) is 11.6 Å². The first-order valence-corrected chi connectivity index (χ1v) is 3.78. The van der Waals surface area contributed by atoms with Crippen molar-refractivity contribution in [3.05, 3.63) is 10.1 Å². The van der Waals surface area contributed by atoms with Crippen LogP contribution in [0.15, 0.2) is 5.10 Å². The van der Waals surface area contributed by atoms with Crippen LogP contribution in [0.25, 0.3) is 0 Å². The molecule has 1 heterocycles. The SMILES string of the molecule is O=C(O)CN1CC(Cl)C([N+](=O)[O-])=N1. The molecule has 1 aliphatic heterocycles. The highest BCUT2D eigenvalue weighted by molar-refractivity contribution is 6.31. The normalized spacial score (nSPS) is 21.5. The molecular weight excluding hydrogens is 202 g/mol. The van der Waals surface area contributed by atoms with Gasteiger partial charge in [0.25, 0.3) is 0 Å². The van der Waals surface area contributed by atoms with Gasteiger partial charge in [-0.25, -0.2) is 0 Å². The van der Waals surface area contributed by atoms with Gasteiger partial charge >= 0.3 is 11.8 Å². The number of carboxylic acids is 1. The van der Waals surface area contributed by atoms with E-state index in [0.29, 0.717) is 0 Å². The van der Waals surface area contributed by atoms with E-state index in [1.54, 1.807) is 0 Å². The molecule has 0 amide bonds. The van der Waals surface area contributed by atoms with Crippen LogP contribution in [0.3, 0.4) is 0 Å². The zero-order valence-corrected chi connectivity index (χ0v) is 7.14. The molecule has 1 N–H and O–H groups in total. The zero-order valence-electron chi connectivity index (χ0n) is 6.38. The Labute approximate surface area is 77.7 Å². The number of nitrogens with zero attached hydrogens (tertiary/aromatic N) is 3. The minimum atomic E-state index is -1.10. The van der Waals surface area contributed by atoms with Gasteiger partial charge in [0, 0.05) is 0 Å². The molecule has 0 aromatic carbocycles. The molecule has 0 aliphatic carbocycles. The number of nitro groups is 1. The molecule has 8 heteroatoms. The number of hydrogen-bond acceptors (Lipinski definition) is 5. The van der Waals surface area contributed by atoms with Gasteiger partial charge in [-0.05, 0) is 4.92 Å². The Kier molecular flexibility index (Phi) is 2.66. The highest BCUT2D eigenvalue weighted by atomic mass is 35.5. The molecule has 7 nitrogen and oxygen atoms in total. The van der Waals surface area contributed by atoms with Crippen molar-refractivity contribution in [3.8, 4) is 0 Å². The van der Waals surface area contributed by atoms with E-state index in [0.717, 1.165) is 5.01 Å². The highest BCUT2D eigenvalue weighted by Crippen LogP contribution is 2.12. The molecule has 0 saturated heterocycles. The summed E-state index contributed by atoms with van der Waals surface area (Å²) in [6, 6.07) is 0. The highest BCUT2D eigenvalue weighted by Gasteiger charge is 2.36. The van der Waals surface area contributed by atoms with Crippen molar-refractivity contribution < 1.29 is 14.8 Å². The van der Waals surface area contributed by atoms with Gasteiger partial charge in [-0.1, -0.05) is 0 Å². The number of amidine groups is 1. The van der Waals surface area contributed by atoms with E-state index >= 15 is 0 Å². The maximum absolute atomic E-state index is 10.3. The Morgan fingerprint density at radius 2 is 2.54 bits per heavy atom. The van der Waals surface area contributed by atoms with Gasteiger partial charge in [-0.2, -0.15) is 5.01 Å². The Balaban J connectivity index is 2.66. The van der Waals surface area contributed by atoms with Gasteiger partial charge in [-0.3, -0.25) is 4.79 Å². The van der Waals surface area contributed by atoms with E-state index in [9.17, 15) is 14.9 Å². The number of halogens is 1. The van der Waals surface area contributed by atoms with Gasteiger partial charge < -0.3 is 15.2 Å². The molecule has 1 aliphatic rings. The summed E-state index contributed by atoms with van der Waals surface area (Å²) in [5.74, 6) is -1.50. The van der Waals surface area contributed by atoms with Crippen LogP contribution >= 0.6 is 11.6 Å². The molecule has 13 heavy (non-hydrogen) atoms. The zero-order chi connectivity index (χ0) is 10.0. The van der Waals surface area contributed by atoms with Crippen molar-refractivity contribution >= 4 is 23.4 Å². The van der Waals surface area contributed by atoms with Crippen molar-refractivity contribution in [1.29, 1.82) is 0 Å². The molecule has 0 radical (unpaired) electrons. The molecule has 0 spiro atoms. The first kappa shape index (κ1) is 9.72. The summed E-state index contributed by atoms with van der Waals surface area (Å²) < 4.78 is 0. The molecular formula is C5H6ClN3O4. The van der Waals surface area contributed by atoms with E-state index in [1.807, 2.05) is 0 Å². The first-order chi connectivity index (χ1) is 6.00. The topological polar surface area (TPSA) is 96.0 Å². The van der Waals surface area contributed by atoms with Crippen LogP contribution in [0.4, 0.5) is 0 Å². The van der Waals surface area contributed by atoms with Gasteiger partial charge in [0.2, 0.25) is 0 Å². The smallest absolute Gasteiger partial charge is 0.383 e.